The Morgan fingerprint density at radius 3 is 2.26 bits per heavy atom. The van der Waals surface area contributed by atoms with E-state index in [1.807, 2.05) is 0 Å². The summed E-state index contributed by atoms with van der Waals surface area (Å²) in [4.78, 5) is 4.65. The Balaban J connectivity index is 1.63. The fourth-order valence-corrected chi connectivity index (χ4v) is 3.42. The van der Waals surface area contributed by atoms with Crippen molar-refractivity contribution in [3.8, 4) is 0 Å². The van der Waals surface area contributed by atoms with Crippen molar-refractivity contribution in [1.29, 1.82) is 0 Å². The molecule has 0 aromatic carbocycles. The Hall–Kier alpha value is -0.900. The number of hydrogen-bond acceptors (Lipinski definition) is 4. The highest BCUT2D eigenvalue weighted by molar-refractivity contribution is 5.01. The molecule has 19 heavy (non-hydrogen) atoms. The van der Waals surface area contributed by atoms with E-state index in [2.05, 4.69) is 17.1 Å². The zero-order valence-electron chi connectivity index (χ0n) is 11.7. The second kappa shape index (κ2) is 5.61. The molecule has 4 heteroatoms. The number of rotatable bonds is 2. The highest BCUT2D eigenvalue weighted by Crippen LogP contribution is 2.36. The van der Waals surface area contributed by atoms with Crippen LogP contribution in [0.2, 0.25) is 0 Å². The Morgan fingerprint density at radius 1 is 0.947 bits per heavy atom. The maximum absolute atomic E-state index is 9.54. The number of nitrogens with zero attached hydrogens (tertiary/aromatic N) is 2. The molecule has 1 aromatic rings. The zero-order chi connectivity index (χ0) is 13.2. The lowest BCUT2D eigenvalue weighted by Crippen LogP contribution is -2.17. The average Bonchev–Trinajstić information content (AvgIpc) is 2.90. The summed E-state index contributed by atoms with van der Waals surface area (Å²) in [7, 11) is 0. The summed E-state index contributed by atoms with van der Waals surface area (Å²) in [5.41, 5.74) is 0. The lowest BCUT2D eigenvalue weighted by Gasteiger charge is -2.23. The Kier molecular flexibility index (Phi) is 3.87. The topological polar surface area (TPSA) is 59.2 Å². The van der Waals surface area contributed by atoms with Gasteiger partial charge in [0.15, 0.2) is 5.82 Å². The number of aliphatic hydroxyl groups excluding tert-OH is 1. The molecule has 2 aliphatic rings. The van der Waals surface area contributed by atoms with Gasteiger partial charge in [0.2, 0.25) is 5.89 Å². The molecule has 0 atom stereocenters. The Labute approximate surface area is 114 Å². The third-order valence-electron chi connectivity index (χ3n) is 4.88. The van der Waals surface area contributed by atoms with Crippen molar-refractivity contribution in [1.82, 2.24) is 10.1 Å². The van der Waals surface area contributed by atoms with Gasteiger partial charge in [-0.3, -0.25) is 0 Å². The summed E-state index contributed by atoms with van der Waals surface area (Å²) in [6.45, 7) is 2.32. The van der Waals surface area contributed by atoms with Crippen LogP contribution in [0.25, 0.3) is 0 Å². The van der Waals surface area contributed by atoms with Crippen LogP contribution >= 0.6 is 0 Å². The van der Waals surface area contributed by atoms with Crippen LogP contribution in [0.5, 0.6) is 0 Å². The molecule has 2 aliphatic carbocycles. The van der Waals surface area contributed by atoms with Crippen molar-refractivity contribution in [2.24, 2.45) is 5.92 Å². The first-order valence-electron chi connectivity index (χ1n) is 7.74. The van der Waals surface area contributed by atoms with Crippen molar-refractivity contribution >= 4 is 0 Å². The van der Waals surface area contributed by atoms with Crippen LogP contribution in [-0.4, -0.2) is 21.4 Å². The molecule has 0 unspecified atom stereocenters. The fourth-order valence-electron chi connectivity index (χ4n) is 3.42. The maximum Gasteiger partial charge on any atom is 0.229 e. The van der Waals surface area contributed by atoms with Crippen molar-refractivity contribution in [3.63, 3.8) is 0 Å². The molecule has 0 saturated heterocycles. The van der Waals surface area contributed by atoms with E-state index < -0.39 is 0 Å². The quantitative estimate of drug-likeness (QED) is 0.889. The second-order valence-electron chi connectivity index (χ2n) is 6.45. The van der Waals surface area contributed by atoms with Gasteiger partial charge < -0.3 is 9.63 Å². The highest BCUT2D eigenvalue weighted by atomic mass is 16.5. The lowest BCUT2D eigenvalue weighted by molar-refractivity contribution is 0.116. The van der Waals surface area contributed by atoms with Gasteiger partial charge in [-0.15, -0.1) is 0 Å². The van der Waals surface area contributed by atoms with Crippen molar-refractivity contribution in [2.75, 3.05) is 0 Å². The predicted molar refractivity (Wildman–Crippen MR) is 71.9 cm³/mol. The van der Waals surface area contributed by atoms with E-state index in [-0.39, 0.29) is 6.10 Å². The molecule has 0 amide bonds. The average molecular weight is 264 g/mol. The van der Waals surface area contributed by atoms with E-state index in [0.29, 0.717) is 11.8 Å². The highest BCUT2D eigenvalue weighted by Gasteiger charge is 2.28. The van der Waals surface area contributed by atoms with Gasteiger partial charge in [0, 0.05) is 11.8 Å². The minimum Gasteiger partial charge on any atom is -0.393 e. The summed E-state index contributed by atoms with van der Waals surface area (Å²) in [6.07, 6.45) is 8.52. The molecule has 2 saturated carbocycles. The fraction of sp³-hybridized carbons (Fsp3) is 0.867. The van der Waals surface area contributed by atoms with Crippen LogP contribution in [0.15, 0.2) is 4.52 Å². The van der Waals surface area contributed by atoms with Crippen LogP contribution in [0.3, 0.4) is 0 Å². The molecule has 3 rings (SSSR count). The SMILES string of the molecule is CC1CCC(c2noc(C3CCC(O)CC3)n2)CC1. The van der Waals surface area contributed by atoms with Crippen LogP contribution in [0, 0.1) is 5.92 Å². The van der Waals surface area contributed by atoms with Gasteiger partial charge in [0.25, 0.3) is 0 Å². The maximum atomic E-state index is 9.54. The van der Waals surface area contributed by atoms with E-state index in [4.69, 9.17) is 4.52 Å². The van der Waals surface area contributed by atoms with Crippen molar-refractivity contribution in [3.05, 3.63) is 11.7 Å². The minimum atomic E-state index is -0.126. The second-order valence-corrected chi connectivity index (χ2v) is 6.45. The van der Waals surface area contributed by atoms with Gasteiger partial charge in [0.05, 0.1) is 6.10 Å². The molecule has 1 heterocycles. The van der Waals surface area contributed by atoms with E-state index in [1.54, 1.807) is 0 Å². The first-order valence-corrected chi connectivity index (χ1v) is 7.74. The molecule has 1 aromatic heterocycles. The largest absolute Gasteiger partial charge is 0.393 e. The van der Waals surface area contributed by atoms with Crippen LogP contribution in [0.4, 0.5) is 0 Å². The summed E-state index contributed by atoms with van der Waals surface area (Å²) in [5, 5.41) is 13.8. The molecule has 4 nitrogen and oxygen atoms in total. The smallest absolute Gasteiger partial charge is 0.229 e. The normalized spacial score (nSPS) is 36.3. The third-order valence-corrected chi connectivity index (χ3v) is 4.88. The van der Waals surface area contributed by atoms with Gasteiger partial charge in [-0.25, -0.2) is 0 Å². The summed E-state index contributed by atoms with van der Waals surface area (Å²) in [5.74, 6) is 3.45. The first-order chi connectivity index (χ1) is 9.22. The van der Waals surface area contributed by atoms with Crippen LogP contribution in [-0.2, 0) is 0 Å². The van der Waals surface area contributed by atoms with Gasteiger partial charge in [0.1, 0.15) is 0 Å². The molecule has 0 radical (unpaired) electrons. The molecular weight excluding hydrogens is 240 g/mol. The van der Waals surface area contributed by atoms with Crippen LogP contribution in [0.1, 0.15) is 81.8 Å². The molecular formula is C15H24N2O2. The van der Waals surface area contributed by atoms with E-state index in [1.165, 1.54) is 25.7 Å². The Morgan fingerprint density at radius 2 is 1.58 bits per heavy atom. The third kappa shape index (κ3) is 2.99. The predicted octanol–water partition coefficient (Wildman–Crippen LogP) is 3.38. The van der Waals surface area contributed by atoms with Gasteiger partial charge in [-0.05, 0) is 44.4 Å². The summed E-state index contributed by atoms with van der Waals surface area (Å²) < 4.78 is 5.48. The first kappa shape index (κ1) is 13.1. The van der Waals surface area contributed by atoms with E-state index in [9.17, 15) is 5.11 Å². The Bertz CT molecular complexity index is 366. The number of hydrogen-bond donors (Lipinski definition) is 1. The summed E-state index contributed by atoms with van der Waals surface area (Å²) >= 11 is 0. The van der Waals surface area contributed by atoms with Crippen molar-refractivity contribution in [2.45, 2.75) is 76.2 Å². The molecule has 0 spiro atoms. The van der Waals surface area contributed by atoms with Gasteiger partial charge in [-0.1, -0.05) is 24.9 Å². The van der Waals surface area contributed by atoms with E-state index >= 15 is 0 Å². The van der Waals surface area contributed by atoms with E-state index in [0.717, 1.165) is 43.3 Å². The summed E-state index contributed by atoms with van der Waals surface area (Å²) in [6, 6.07) is 0. The standard InChI is InChI=1S/C15H24N2O2/c1-10-2-4-11(5-3-10)14-16-15(19-17-14)12-6-8-13(18)9-7-12/h10-13,18H,2-9H2,1H3. The molecule has 0 bridgehead atoms. The number of aromatic nitrogens is 2. The number of aliphatic hydroxyl groups is 1. The minimum absolute atomic E-state index is 0.126. The lowest BCUT2D eigenvalue weighted by atomic mass is 9.82. The van der Waals surface area contributed by atoms with Gasteiger partial charge in [-0.2, -0.15) is 4.98 Å². The van der Waals surface area contributed by atoms with Crippen LogP contribution < -0.4 is 0 Å². The molecule has 0 aliphatic heterocycles. The molecule has 1 N–H and O–H groups in total. The molecule has 2 fully saturated rings. The zero-order valence-corrected chi connectivity index (χ0v) is 11.7. The van der Waals surface area contributed by atoms with Gasteiger partial charge >= 0.3 is 0 Å². The van der Waals surface area contributed by atoms with Crippen molar-refractivity contribution < 1.29 is 9.63 Å². The molecule has 106 valence electrons. The monoisotopic (exact) mass is 264 g/mol.